The molecule has 0 saturated heterocycles. The molecule has 0 aliphatic heterocycles. The van der Waals surface area contributed by atoms with E-state index in [-0.39, 0.29) is 5.91 Å². The SMILES string of the molecule is Cc1cnc(CCNC(=O)c2cccc(C#N)c2)o1. The third-order valence-corrected chi connectivity index (χ3v) is 2.55. The van der Waals surface area contributed by atoms with Crippen molar-refractivity contribution in [3.05, 3.63) is 53.2 Å². The summed E-state index contributed by atoms with van der Waals surface area (Å²) in [5.74, 6) is 1.15. The lowest BCUT2D eigenvalue weighted by atomic mass is 10.1. The molecule has 0 bridgehead atoms. The van der Waals surface area contributed by atoms with Crippen LogP contribution in [0.3, 0.4) is 0 Å². The summed E-state index contributed by atoms with van der Waals surface area (Å²) in [6, 6.07) is 8.58. The number of nitrogens with zero attached hydrogens (tertiary/aromatic N) is 2. The summed E-state index contributed by atoms with van der Waals surface area (Å²) >= 11 is 0. The highest BCUT2D eigenvalue weighted by atomic mass is 16.4. The fourth-order valence-corrected chi connectivity index (χ4v) is 1.63. The minimum Gasteiger partial charge on any atom is -0.446 e. The first-order chi connectivity index (χ1) is 9.19. The van der Waals surface area contributed by atoms with Crippen molar-refractivity contribution in [3.63, 3.8) is 0 Å². The number of aryl methyl sites for hydroxylation is 1. The minimum absolute atomic E-state index is 0.208. The fourth-order valence-electron chi connectivity index (χ4n) is 1.63. The van der Waals surface area contributed by atoms with Gasteiger partial charge in [-0.3, -0.25) is 4.79 Å². The molecule has 0 fully saturated rings. The molecule has 1 amide bonds. The maximum Gasteiger partial charge on any atom is 0.251 e. The molecule has 0 unspecified atom stereocenters. The molecule has 0 spiro atoms. The van der Waals surface area contributed by atoms with Crippen LogP contribution in [0.25, 0.3) is 0 Å². The molecule has 0 saturated carbocycles. The molecule has 19 heavy (non-hydrogen) atoms. The van der Waals surface area contributed by atoms with Crippen molar-refractivity contribution in [1.29, 1.82) is 5.26 Å². The van der Waals surface area contributed by atoms with Gasteiger partial charge >= 0.3 is 0 Å². The third kappa shape index (κ3) is 3.42. The molecule has 0 atom stereocenters. The summed E-state index contributed by atoms with van der Waals surface area (Å²) in [7, 11) is 0. The van der Waals surface area contributed by atoms with E-state index in [0.717, 1.165) is 5.76 Å². The standard InChI is InChI=1S/C14H13N3O2/c1-10-9-17-13(19-10)5-6-16-14(18)12-4-2-3-11(7-12)8-15/h2-4,7,9H,5-6H2,1H3,(H,16,18). The van der Waals surface area contributed by atoms with E-state index in [9.17, 15) is 4.79 Å². The smallest absolute Gasteiger partial charge is 0.251 e. The van der Waals surface area contributed by atoms with Gasteiger partial charge in [-0.05, 0) is 25.1 Å². The van der Waals surface area contributed by atoms with Crippen molar-refractivity contribution in [1.82, 2.24) is 10.3 Å². The lowest BCUT2D eigenvalue weighted by Gasteiger charge is -2.03. The Morgan fingerprint density at radius 1 is 1.53 bits per heavy atom. The van der Waals surface area contributed by atoms with Crippen LogP contribution in [-0.2, 0) is 6.42 Å². The number of carbonyl (C=O) groups is 1. The number of oxazole rings is 1. The molecule has 1 N–H and O–H groups in total. The molecular formula is C14H13N3O2. The van der Waals surface area contributed by atoms with Crippen molar-refractivity contribution < 1.29 is 9.21 Å². The van der Waals surface area contributed by atoms with Gasteiger partial charge in [-0.1, -0.05) is 6.07 Å². The van der Waals surface area contributed by atoms with Gasteiger partial charge in [-0.25, -0.2) is 4.98 Å². The van der Waals surface area contributed by atoms with Crippen LogP contribution in [0.1, 0.15) is 27.6 Å². The van der Waals surface area contributed by atoms with Gasteiger partial charge in [-0.2, -0.15) is 5.26 Å². The van der Waals surface area contributed by atoms with Crippen LogP contribution < -0.4 is 5.32 Å². The first-order valence-electron chi connectivity index (χ1n) is 5.88. The zero-order valence-corrected chi connectivity index (χ0v) is 10.5. The largest absolute Gasteiger partial charge is 0.446 e. The predicted octanol–water partition coefficient (Wildman–Crippen LogP) is 1.83. The minimum atomic E-state index is -0.208. The highest BCUT2D eigenvalue weighted by Crippen LogP contribution is 2.04. The second kappa shape index (κ2) is 5.83. The topological polar surface area (TPSA) is 78.9 Å². The van der Waals surface area contributed by atoms with E-state index in [1.54, 1.807) is 30.5 Å². The number of carbonyl (C=O) groups excluding carboxylic acids is 1. The number of benzene rings is 1. The number of amides is 1. The molecule has 2 aromatic rings. The first kappa shape index (κ1) is 12.8. The van der Waals surface area contributed by atoms with E-state index in [4.69, 9.17) is 9.68 Å². The number of hydrogen-bond acceptors (Lipinski definition) is 4. The molecular weight excluding hydrogens is 242 g/mol. The lowest BCUT2D eigenvalue weighted by molar-refractivity contribution is 0.0953. The fraction of sp³-hybridized carbons (Fsp3) is 0.214. The molecule has 1 aromatic heterocycles. The van der Waals surface area contributed by atoms with E-state index in [2.05, 4.69) is 10.3 Å². The maximum atomic E-state index is 11.8. The Bertz CT molecular complexity index is 626. The van der Waals surface area contributed by atoms with E-state index in [1.165, 1.54) is 0 Å². The van der Waals surface area contributed by atoms with Crippen molar-refractivity contribution >= 4 is 5.91 Å². The number of hydrogen-bond donors (Lipinski definition) is 1. The zero-order chi connectivity index (χ0) is 13.7. The van der Waals surface area contributed by atoms with Crippen molar-refractivity contribution in [3.8, 4) is 6.07 Å². The van der Waals surface area contributed by atoms with Crippen LogP contribution in [0.15, 0.2) is 34.9 Å². The lowest BCUT2D eigenvalue weighted by Crippen LogP contribution is -2.25. The van der Waals surface area contributed by atoms with Crippen LogP contribution in [0.4, 0.5) is 0 Å². The van der Waals surface area contributed by atoms with Crippen molar-refractivity contribution in [2.75, 3.05) is 6.54 Å². The highest BCUT2D eigenvalue weighted by Gasteiger charge is 2.06. The highest BCUT2D eigenvalue weighted by molar-refractivity contribution is 5.94. The average Bonchev–Trinajstić information content (AvgIpc) is 2.84. The van der Waals surface area contributed by atoms with Gasteiger partial charge < -0.3 is 9.73 Å². The summed E-state index contributed by atoms with van der Waals surface area (Å²) in [4.78, 5) is 15.9. The monoisotopic (exact) mass is 255 g/mol. The molecule has 0 aliphatic rings. The second-order valence-electron chi connectivity index (χ2n) is 4.06. The van der Waals surface area contributed by atoms with Crippen LogP contribution in [0.5, 0.6) is 0 Å². The molecule has 0 radical (unpaired) electrons. The Hall–Kier alpha value is -2.61. The summed E-state index contributed by atoms with van der Waals surface area (Å²) in [6.45, 7) is 2.26. The Kier molecular flexibility index (Phi) is 3.94. The maximum absolute atomic E-state index is 11.8. The zero-order valence-electron chi connectivity index (χ0n) is 10.5. The van der Waals surface area contributed by atoms with Gasteiger partial charge in [0.25, 0.3) is 5.91 Å². The second-order valence-corrected chi connectivity index (χ2v) is 4.06. The summed E-state index contributed by atoms with van der Waals surface area (Å²) in [5, 5.41) is 11.5. The van der Waals surface area contributed by atoms with Crippen LogP contribution >= 0.6 is 0 Å². The quantitative estimate of drug-likeness (QED) is 0.903. The molecule has 1 aromatic carbocycles. The van der Waals surface area contributed by atoms with E-state index >= 15 is 0 Å². The van der Waals surface area contributed by atoms with Crippen LogP contribution in [-0.4, -0.2) is 17.4 Å². The van der Waals surface area contributed by atoms with E-state index < -0.39 is 0 Å². The van der Waals surface area contributed by atoms with E-state index in [0.29, 0.717) is 30.0 Å². The Morgan fingerprint density at radius 2 is 2.37 bits per heavy atom. The molecule has 96 valence electrons. The normalized spacial score (nSPS) is 9.89. The Morgan fingerprint density at radius 3 is 3.05 bits per heavy atom. The number of nitrogens with one attached hydrogen (secondary N) is 1. The number of nitriles is 1. The van der Waals surface area contributed by atoms with Crippen molar-refractivity contribution in [2.24, 2.45) is 0 Å². The van der Waals surface area contributed by atoms with Gasteiger partial charge in [-0.15, -0.1) is 0 Å². The summed E-state index contributed by atoms with van der Waals surface area (Å²) < 4.78 is 5.30. The molecule has 5 heteroatoms. The molecule has 5 nitrogen and oxygen atoms in total. The average molecular weight is 255 g/mol. The van der Waals surface area contributed by atoms with Gasteiger partial charge in [0.2, 0.25) is 0 Å². The van der Waals surface area contributed by atoms with Gasteiger partial charge in [0.15, 0.2) is 5.89 Å². The van der Waals surface area contributed by atoms with Gasteiger partial charge in [0.05, 0.1) is 17.8 Å². The Balaban J connectivity index is 1.89. The van der Waals surface area contributed by atoms with Crippen LogP contribution in [0, 0.1) is 18.3 Å². The number of rotatable bonds is 4. The molecule has 0 aliphatic carbocycles. The van der Waals surface area contributed by atoms with Crippen molar-refractivity contribution in [2.45, 2.75) is 13.3 Å². The predicted molar refractivity (Wildman–Crippen MR) is 68.4 cm³/mol. The first-order valence-corrected chi connectivity index (χ1v) is 5.88. The van der Waals surface area contributed by atoms with E-state index in [1.807, 2.05) is 13.0 Å². The number of aromatic nitrogens is 1. The third-order valence-electron chi connectivity index (χ3n) is 2.55. The summed E-state index contributed by atoms with van der Waals surface area (Å²) in [5.41, 5.74) is 0.943. The van der Waals surface area contributed by atoms with Gasteiger partial charge in [0, 0.05) is 18.5 Å². The molecule has 1 heterocycles. The Labute approximate surface area is 110 Å². The summed E-state index contributed by atoms with van der Waals surface area (Å²) in [6.07, 6.45) is 2.19. The molecule has 2 rings (SSSR count). The van der Waals surface area contributed by atoms with Crippen LogP contribution in [0.2, 0.25) is 0 Å². The van der Waals surface area contributed by atoms with Gasteiger partial charge in [0.1, 0.15) is 5.76 Å².